The lowest BCUT2D eigenvalue weighted by atomic mass is 10.3. The van der Waals surface area contributed by atoms with E-state index in [9.17, 15) is 26.4 Å². The molecule has 0 unspecified atom stereocenters. The van der Waals surface area contributed by atoms with Crippen LogP contribution in [0.5, 0.6) is 0 Å². The smallest absolute Gasteiger partial charge is 0.308 e. The van der Waals surface area contributed by atoms with Crippen molar-refractivity contribution in [1.29, 1.82) is 0 Å². The van der Waals surface area contributed by atoms with Crippen molar-refractivity contribution in [3.05, 3.63) is 35.9 Å². The highest BCUT2D eigenvalue weighted by Crippen LogP contribution is 2.27. The van der Waals surface area contributed by atoms with E-state index in [0.29, 0.717) is 11.4 Å². The molecule has 0 aliphatic carbocycles. The number of nitrogens with zero attached hydrogens (tertiary/aromatic N) is 5. The fraction of sp³-hybridized carbons (Fsp3) is 0.500. The van der Waals surface area contributed by atoms with Gasteiger partial charge in [-0.25, -0.2) is 17.4 Å². The van der Waals surface area contributed by atoms with Crippen LogP contribution in [-0.2, 0) is 14.8 Å². The van der Waals surface area contributed by atoms with Crippen LogP contribution in [0.2, 0.25) is 5.15 Å². The number of aromatic nitrogens is 3. The van der Waals surface area contributed by atoms with Gasteiger partial charge in [-0.2, -0.15) is 18.3 Å². The van der Waals surface area contributed by atoms with Crippen molar-refractivity contribution in [3.8, 4) is 5.69 Å². The molecule has 2 aromatic rings. The highest BCUT2D eigenvalue weighted by atomic mass is 35.5. The van der Waals surface area contributed by atoms with Crippen molar-refractivity contribution in [1.82, 2.24) is 19.1 Å². The third kappa shape index (κ3) is 7.47. The molecular weight excluding hydrogens is 459 g/mol. The fourth-order valence-corrected chi connectivity index (χ4v) is 4.00. The summed E-state index contributed by atoms with van der Waals surface area (Å²) < 4.78 is 63.2. The SMILES string of the molecule is CCN(C(=O)CCN(CCCC(F)(F)F)S(C)(=O)=O)c1cn(-c2cccnc2)nc1Cl. The largest absolute Gasteiger partial charge is 0.389 e. The minimum atomic E-state index is -4.37. The predicted molar refractivity (Wildman–Crippen MR) is 111 cm³/mol. The van der Waals surface area contributed by atoms with Gasteiger partial charge in [-0.15, -0.1) is 0 Å². The summed E-state index contributed by atoms with van der Waals surface area (Å²) in [7, 11) is -3.77. The van der Waals surface area contributed by atoms with Crippen molar-refractivity contribution in [3.63, 3.8) is 0 Å². The molecule has 2 heterocycles. The van der Waals surface area contributed by atoms with E-state index in [0.717, 1.165) is 10.6 Å². The summed E-state index contributed by atoms with van der Waals surface area (Å²) >= 11 is 6.20. The second-order valence-electron chi connectivity index (χ2n) is 6.73. The van der Waals surface area contributed by atoms with E-state index < -0.39 is 28.5 Å². The van der Waals surface area contributed by atoms with E-state index >= 15 is 0 Å². The molecule has 0 spiro atoms. The molecule has 0 saturated heterocycles. The Balaban J connectivity index is 2.09. The molecule has 0 aliphatic heterocycles. The second kappa shape index (κ2) is 10.4. The molecule has 0 fully saturated rings. The summed E-state index contributed by atoms with van der Waals surface area (Å²) in [6.07, 6.45) is -0.459. The van der Waals surface area contributed by atoms with Gasteiger partial charge in [-0.05, 0) is 25.5 Å². The Kier molecular flexibility index (Phi) is 8.43. The molecule has 2 aromatic heterocycles. The highest BCUT2D eigenvalue weighted by molar-refractivity contribution is 7.88. The Morgan fingerprint density at radius 2 is 2.00 bits per heavy atom. The van der Waals surface area contributed by atoms with E-state index in [1.54, 1.807) is 37.6 Å². The fourth-order valence-electron chi connectivity index (χ4n) is 2.88. The van der Waals surface area contributed by atoms with Gasteiger partial charge in [-0.1, -0.05) is 11.6 Å². The summed E-state index contributed by atoms with van der Waals surface area (Å²) in [6.45, 7) is 1.40. The number of amides is 1. The number of alkyl halides is 3. The third-order valence-corrected chi connectivity index (χ3v) is 5.95. The Hall–Kier alpha value is -2.18. The van der Waals surface area contributed by atoms with Gasteiger partial charge in [0.15, 0.2) is 5.15 Å². The van der Waals surface area contributed by atoms with Crippen LogP contribution in [0.25, 0.3) is 5.69 Å². The number of halogens is 4. The minimum Gasteiger partial charge on any atom is -0.308 e. The summed E-state index contributed by atoms with van der Waals surface area (Å²) in [5, 5.41) is 4.24. The predicted octanol–water partition coefficient (Wildman–Crippen LogP) is 3.27. The van der Waals surface area contributed by atoms with E-state index in [-0.39, 0.29) is 37.6 Å². The summed E-state index contributed by atoms with van der Waals surface area (Å²) in [6, 6.07) is 3.47. The average Bonchev–Trinajstić information content (AvgIpc) is 3.05. The molecule has 0 saturated carbocycles. The maximum Gasteiger partial charge on any atom is 0.389 e. The van der Waals surface area contributed by atoms with E-state index in [1.165, 1.54) is 9.58 Å². The summed E-state index contributed by atoms with van der Waals surface area (Å²) in [5.41, 5.74) is 0.966. The van der Waals surface area contributed by atoms with Crippen LogP contribution < -0.4 is 4.90 Å². The van der Waals surface area contributed by atoms with Gasteiger partial charge in [0.1, 0.15) is 5.69 Å². The molecule has 1 amide bonds. The van der Waals surface area contributed by atoms with Crippen LogP contribution in [0, 0.1) is 0 Å². The second-order valence-corrected chi connectivity index (χ2v) is 9.07. The zero-order valence-electron chi connectivity index (χ0n) is 17.0. The van der Waals surface area contributed by atoms with Gasteiger partial charge < -0.3 is 4.90 Å². The molecular formula is C18H23ClF3N5O3S. The summed E-state index contributed by atoms with van der Waals surface area (Å²) in [4.78, 5) is 18.1. The van der Waals surface area contributed by atoms with E-state index in [2.05, 4.69) is 10.1 Å². The number of anilines is 1. The highest BCUT2D eigenvalue weighted by Gasteiger charge is 2.28. The van der Waals surface area contributed by atoms with Crippen LogP contribution in [0.1, 0.15) is 26.2 Å². The first kappa shape index (κ1) is 25.1. The first-order valence-corrected chi connectivity index (χ1v) is 11.6. The molecule has 13 heteroatoms. The van der Waals surface area contributed by atoms with Crippen molar-refractivity contribution in [2.24, 2.45) is 0 Å². The molecule has 31 heavy (non-hydrogen) atoms. The van der Waals surface area contributed by atoms with Gasteiger partial charge in [0.05, 0.1) is 24.3 Å². The number of sulfonamides is 1. The molecule has 2 rings (SSSR count). The zero-order valence-corrected chi connectivity index (χ0v) is 18.6. The molecule has 8 nitrogen and oxygen atoms in total. The van der Waals surface area contributed by atoms with Crippen molar-refractivity contribution >= 4 is 33.2 Å². The lowest BCUT2D eigenvalue weighted by Gasteiger charge is -2.23. The van der Waals surface area contributed by atoms with Gasteiger partial charge in [0.2, 0.25) is 15.9 Å². The molecule has 0 atom stereocenters. The molecule has 0 aliphatic rings. The number of hydrogen-bond acceptors (Lipinski definition) is 5. The van der Waals surface area contributed by atoms with Crippen LogP contribution in [0.3, 0.4) is 0 Å². The lowest BCUT2D eigenvalue weighted by molar-refractivity contribution is -0.135. The molecule has 172 valence electrons. The molecule has 0 radical (unpaired) electrons. The standard InChI is InChI=1S/C18H23ClF3N5O3S/c1-3-26(15-13-27(24-17(15)19)14-6-4-9-23-12-14)16(28)7-11-25(31(2,29)30)10-5-8-18(20,21)22/h4,6,9,12-13H,3,5,7-8,10-11H2,1-2H3. The van der Waals surface area contributed by atoms with Crippen LogP contribution in [-0.4, -0.2) is 65.5 Å². The van der Waals surface area contributed by atoms with Gasteiger partial charge >= 0.3 is 6.18 Å². The van der Waals surface area contributed by atoms with Gasteiger partial charge in [0, 0.05) is 38.7 Å². The minimum absolute atomic E-state index is 0.0733. The Morgan fingerprint density at radius 3 is 2.55 bits per heavy atom. The Bertz CT molecular complexity index is 983. The Labute approximate surface area is 183 Å². The van der Waals surface area contributed by atoms with Crippen molar-refractivity contribution in [2.45, 2.75) is 32.4 Å². The Morgan fingerprint density at radius 1 is 1.29 bits per heavy atom. The van der Waals surface area contributed by atoms with Gasteiger partial charge in [0.25, 0.3) is 0 Å². The molecule has 0 aromatic carbocycles. The average molecular weight is 482 g/mol. The maximum absolute atomic E-state index is 12.8. The van der Waals surface area contributed by atoms with Crippen molar-refractivity contribution in [2.75, 3.05) is 30.8 Å². The maximum atomic E-state index is 12.8. The molecule has 0 N–H and O–H groups in total. The first-order chi connectivity index (χ1) is 14.4. The van der Waals surface area contributed by atoms with Crippen LogP contribution in [0.4, 0.5) is 18.9 Å². The molecule has 0 bridgehead atoms. The topological polar surface area (TPSA) is 88.4 Å². The lowest BCUT2D eigenvalue weighted by Crippen LogP contribution is -2.37. The number of rotatable bonds is 10. The number of carbonyl (C=O) groups excluding carboxylic acids is 1. The van der Waals surface area contributed by atoms with E-state index in [4.69, 9.17) is 11.6 Å². The van der Waals surface area contributed by atoms with Crippen LogP contribution in [0.15, 0.2) is 30.7 Å². The summed E-state index contributed by atoms with van der Waals surface area (Å²) in [5.74, 6) is -0.431. The zero-order chi connectivity index (χ0) is 23.2. The third-order valence-electron chi connectivity index (χ3n) is 4.38. The normalized spacial score (nSPS) is 12.4. The number of hydrogen-bond donors (Lipinski definition) is 0. The number of pyridine rings is 1. The van der Waals surface area contributed by atoms with Crippen LogP contribution >= 0.6 is 11.6 Å². The number of carbonyl (C=O) groups is 1. The first-order valence-electron chi connectivity index (χ1n) is 9.40. The monoisotopic (exact) mass is 481 g/mol. The van der Waals surface area contributed by atoms with Crippen molar-refractivity contribution < 1.29 is 26.4 Å². The quantitative estimate of drug-likeness (QED) is 0.519. The van der Waals surface area contributed by atoms with E-state index in [1.807, 2.05) is 0 Å². The van der Waals surface area contributed by atoms with Gasteiger partial charge in [-0.3, -0.25) is 9.78 Å².